The molecule has 0 amide bonds. The van der Waals surface area contributed by atoms with Gasteiger partial charge in [-0.1, -0.05) is 121 Å². The highest BCUT2D eigenvalue weighted by Crippen LogP contribution is 2.49. The predicted molar refractivity (Wildman–Crippen MR) is 217 cm³/mol. The molecule has 11 aromatic rings. The number of nitrogens with zero attached hydrogens (tertiary/aromatic N) is 3. The van der Waals surface area contributed by atoms with Gasteiger partial charge in [-0.2, -0.15) is 0 Å². The minimum Gasteiger partial charge on any atom is -0.309 e. The van der Waals surface area contributed by atoms with Crippen LogP contribution in [0.1, 0.15) is 0 Å². The van der Waals surface area contributed by atoms with Gasteiger partial charge in [-0.05, 0) is 71.1 Å². The summed E-state index contributed by atoms with van der Waals surface area (Å²) in [7, 11) is 0. The van der Waals surface area contributed by atoms with E-state index in [1.54, 1.807) is 0 Å². The van der Waals surface area contributed by atoms with Crippen LogP contribution in [0, 0.1) is 0 Å². The number of para-hydroxylation sites is 4. The quantitative estimate of drug-likeness (QED) is 0.183. The lowest BCUT2D eigenvalue weighted by molar-refractivity contribution is 1.10. The lowest BCUT2D eigenvalue weighted by Gasteiger charge is -2.13. The van der Waals surface area contributed by atoms with Gasteiger partial charge in [0.05, 0.1) is 22.1 Å². The van der Waals surface area contributed by atoms with Gasteiger partial charge in [0, 0.05) is 53.3 Å². The molecule has 8 aromatic carbocycles. The molecule has 0 N–H and O–H groups in total. The molecule has 0 spiro atoms. The number of benzene rings is 8. The summed E-state index contributed by atoms with van der Waals surface area (Å²) in [5.74, 6) is 0.932. The van der Waals surface area contributed by atoms with Gasteiger partial charge >= 0.3 is 0 Å². The van der Waals surface area contributed by atoms with Crippen molar-refractivity contribution in [1.82, 2.24) is 14.1 Å². The zero-order chi connectivity index (χ0) is 33.5. The molecule has 11 rings (SSSR count). The third-order valence-corrected chi connectivity index (χ3v) is 11.6. The van der Waals surface area contributed by atoms with Crippen LogP contribution in [0.4, 0.5) is 0 Å². The van der Waals surface area contributed by atoms with E-state index >= 15 is 0 Å². The van der Waals surface area contributed by atoms with Crippen LogP contribution < -0.4 is 0 Å². The Morgan fingerprint density at radius 2 is 1.02 bits per heavy atom. The van der Waals surface area contributed by atoms with Crippen molar-refractivity contribution in [2.75, 3.05) is 0 Å². The molecule has 0 unspecified atom stereocenters. The molecule has 3 aromatic heterocycles. The van der Waals surface area contributed by atoms with Crippen LogP contribution in [0.25, 0.3) is 97.7 Å². The van der Waals surface area contributed by atoms with E-state index in [4.69, 9.17) is 4.98 Å². The van der Waals surface area contributed by atoms with Crippen molar-refractivity contribution in [2.45, 2.75) is 0 Å². The van der Waals surface area contributed by atoms with Crippen molar-refractivity contribution in [3.8, 4) is 33.9 Å². The topological polar surface area (TPSA) is 22.8 Å². The Balaban J connectivity index is 1.21. The minimum absolute atomic E-state index is 0.932. The van der Waals surface area contributed by atoms with Crippen molar-refractivity contribution < 1.29 is 0 Å². The third kappa shape index (κ3) is 4.14. The van der Waals surface area contributed by atoms with Gasteiger partial charge in [0.1, 0.15) is 5.82 Å². The Hall–Kier alpha value is -6.49. The minimum atomic E-state index is 0.932. The van der Waals surface area contributed by atoms with Gasteiger partial charge < -0.3 is 4.57 Å². The third-order valence-electron chi connectivity index (χ3n) is 10.3. The molecule has 0 radical (unpaired) electrons. The van der Waals surface area contributed by atoms with Crippen LogP contribution in [0.2, 0.25) is 0 Å². The standard InChI is InChI=1S/C47H29N3S/c1-3-14-30(15-4-1)34-21-13-22-38-43-44-42(35-18-7-8-19-36(35)46(43)51-45(34)38)37-20-9-11-24-40(37)49(44)33-28-26-31(27-29-33)47-48-39-23-10-12-25-41(39)50(47)32-16-5-2-6-17-32/h1-29H. The van der Waals surface area contributed by atoms with Crippen LogP contribution in [0.15, 0.2) is 176 Å². The SMILES string of the molecule is c1ccc(-c2cccc3c2sc2c4ccccc4c4c5ccccc5n(-c5ccc(-c6nc7ccccc7n6-c6ccccc6)cc5)c4c32)cc1. The first-order chi connectivity index (χ1) is 25.3. The molecular formula is C47H29N3S. The number of hydrogen-bond donors (Lipinski definition) is 0. The van der Waals surface area contributed by atoms with Crippen molar-refractivity contribution in [2.24, 2.45) is 0 Å². The highest BCUT2D eigenvalue weighted by Gasteiger charge is 2.23. The Morgan fingerprint density at radius 3 is 1.82 bits per heavy atom. The van der Waals surface area contributed by atoms with Crippen LogP contribution in [0.5, 0.6) is 0 Å². The molecule has 0 saturated carbocycles. The van der Waals surface area contributed by atoms with Crippen LogP contribution in [-0.2, 0) is 0 Å². The number of rotatable bonds is 4. The van der Waals surface area contributed by atoms with Gasteiger partial charge in [0.15, 0.2) is 0 Å². The highest BCUT2D eigenvalue weighted by atomic mass is 32.1. The Morgan fingerprint density at radius 1 is 0.392 bits per heavy atom. The van der Waals surface area contributed by atoms with Crippen molar-refractivity contribution in [1.29, 1.82) is 0 Å². The predicted octanol–water partition coefficient (Wildman–Crippen LogP) is 13.0. The molecule has 0 aliphatic carbocycles. The van der Waals surface area contributed by atoms with E-state index in [0.717, 1.165) is 33.8 Å². The number of fused-ring (bicyclic) bond motifs is 11. The number of imidazole rings is 1. The number of aromatic nitrogens is 3. The van der Waals surface area contributed by atoms with Gasteiger partial charge in [-0.3, -0.25) is 4.57 Å². The second-order valence-corrected chi connectivity index (χ2v) is 14.1. The van der Waals surface area contributed by atoms with E-state index in [-0.39, 0.29) is 0 Å². The lowest BCUT2D eigenvalue weighted by atomic mass is 9.98. The molecule has 238 valence electrons. The van der Waals surface area contributed by atoms with Gasteiger partial charge in [-0.15, -0.1) is 11.3 Å². The van der Waals surface area contributed by atoms with E-state index in [2.05, 4.69) is 185 Å². The maximum absolute atomic E-state index is 5.14. The summed E-state index contributed by atoms with van der Waals surface area (Å²) in [4.78, 5) is 5.14. The molecule has 3 nitrogen and oxygen atoms in total. The second-order valence-electron chi connectivity index (χ2n) is 13.1. The molecule has 0 aliphatic rings. The molecule has 0 fully saturated rings. The monoisotopic (exact) mass is 667 g/mol. The molecule has 0 saturated heterocycles. The largest absolute Gasteiger partial charge is 0.309 e. The Labute approximate surface area is 297 Å². The first-order valence-electron chi connectivity index (χ1n) is 17.3. The normalized spacial score (nSPS) is 11.9. The van der Waals surface area contributed by atoms with Crippen LogP contribution in [0.3, 0.4) is 0 Å². The first kappa shape index (κ1) is 28.4. The molecule has 0 aliphatic heterocycles. The van der Waals surface area contributed by atoms with Crippen molar-refractivity contribution in [3.63, 3.8) is 0 Å². The zero-order valence-corrected chi connectivity index (χ0v) is 28.3. The summed E-state index contributed by atoms with van der Waals surface area (Å²) in [5.41, 5.74) is 10.4. The van der Waals surface area contributed by atoms with Crippen molar-refractivity contribution in [3.05, 3.63) is 176 Å². The van der Waals surface area contributed by atoms with Gasteiger partial charge in [-0.25, -0.2) is 4.98 Å². The van der Waals surface area contributed by atoms with E-state index in [0.29, 0.717) is 0 Å². The van der Waals surface area contributed by atoms with Crippen molar-refractivity contribution >= 4 is 75.1 Å². The number of hydrogen-bond acceptors (Lipinski definition) is 2. The first-order valence-corrected chi connectivity index (χ1v) is 18.1. The van der Waals surface area contributed by atoms with E-state index in [9.17, 15) is 0 Å². The summed E-state index contributed by atoms with van der Waals surface area (Å²) in [6, 6.07) is 63.3. The maximum atomic E-state index is 5.14. The van der Waals surface area contributed by atoms with Gasteiger partial charge in [0.2, 0.25) is 0 Å². The molecule has 51 heavy (non-hydrogen) atoms. The lowest BCUT2D eigenvalue weighted by Crippen LogP contribution is -1.98. The van der Waals surface area contributed by atoms with E-state index in [1.165, 1.54) is 63.9 Å². The fourth-order valence-electron chi connectivity index (χ4n) is 8.12. The fourth-order valence-corrected chi connectivity index (χ4v) is 9.50. The summed E-state index contributed by atoms with van der Waals surface area (Å²) >= 11 is 1.92. The maximum Gasteiger partial charge on any atom is 0.145 e. The Bertz CT molecular complexity index is 3110. The average molecular weight is 668 g/mol. The molecule has 0 atom stereocenters. The van der Waals surface area contributed by atoms with Gasteiger partial charge in [0.25, 0.3) is 0 Å². The second kappa shape index (κ2) is 11.0. The van der Waals surface area contributed by atoms with E-state index < -0.39 is 0 Å². The summed E-state index contributed by atoms with van der Waals surface area (Å²) in [6.07, 6.45) is 0. The summed E-state index contributed by atoms with van der Waals surface area (Å²) in [5, 5.41) is 7.76. The van der Waals surface area contributed by atoms with E-state index in [1.807, 2.05) is 11.3 Å². The average Bonchev–Trinajstić information content (AvgIpc) is 3.89. The molecule has 4 heteroatoms. The summed E-state index contributed by atoms with van der Waals surface area (Å²) in [6.45, 7) is 0. The number of thiophene rings is 1. The molecular weight excluding hydrogens is 639 g/mol. The zero-order valence-electron chi connectivity index (χ0n) is 27.5. The molecule has 3 heterocycles. The smallest absolute Gasteiger partial charge is 0.145 e. The summed E-state index contributed by atoms with van der Waals surface area (Å²) < 4.78 is 7.41. The fraction of sp³-hybridized carbons (Fsp3) is 0. The highest BCUT2D eigenvalue weighted by molar-refractivity contribution is 7.27. The molecule has 0 bridgehead atoms. The Kier molecular flexibility index (Phi) is 6.12. The van der Waals surface area contributed by atoms with Crippen LogP contribution >= 0.6 is 11.3 Å². The van der Waals surface area contributed by atoms with Crippen LogP contribution in [-0.4, -0.2) is 14.1 Å².